The van der Waals surface area contributed by atoms with Crippen molar-refractivity contribution in [1.82, 2.24) is 0 Å². The molecule has 4 heteroatoms. The zero-order valence-electron chi connectivity index (χ0n) is 9.39. The van der Waals surface area contributed by atoms with Crippen LogP contribution in [0.15, 0.2) is 30.3 Å². The highest BCUT2D eigenvalue weighted by Crippen LogP contribution is 2.34. The molecule has 0 bridgehead atoms. The molecule has 1 aliphatic rings. The summed E-state index contributed by atoms with van der Waals surface area (Å²) in [6.07, 6.45) is 2.38. The van der Waals surface area contributed by atoms with Crippen LogP contribution in [0.2, 0.25) is 0 Å². The fourth-order valence-electron chi connectivity index (χ4n) is 2.12. The normalized spacial score (nSPS) is 17.6. The summed E-state index contributed by atoms with van der Waals surface area (Å²) in [6, 6.07) is 8.47. The summed E-state index contributed by atoms with van der Waals surface area (Å²) in [6.45, 7) is 0. The van der Waals surface area contributed by atoms with Crippen molar-refractivity contribution < 1.29 is 19.4 Å². The van der Waals surface area contributed by atoms with Crippen LogP contribution in [0, 0.1) is 0 Å². The molecular formula is C13H14O4. The largest absolute Gasteiger partial charge is 0.478 e. The van der Waals surface area contributed by atoms with Crippen LogP contribution in [-0.4, -0.2) is 22.6 Å². The number of ether oxygens (including phenoxy) is 1. The predicted octanol–water partition coefficient (Wildman–Crippen LogP) is 2.24. The number of hydrogen-bond donors (Lipinski definition) is 1. The van der Waals surface area contributed by atoms with Crippen molar-refractivity contribution >= 4 is 11.9 Å². The molecule has 1 aliphatic carbocycles. The second-order valence-electron chi connectivity index (χ2n) is 4.26. The number of carboxylic acids is 1. The molecule has 90 valence electrons. The fourth-order valence-corrected chi connectivity index (χ4v) is 2.12. The quantitative estimate of drug-likeness (QED) is 0.814. The maximum absolute atomic E-state index is 11.8. The number of carbonyl (C=O) groups is 2. The monoisotopic (exact) mass is 234 g/mol. The Morgan fingerprint density at radius 2 is 1.71 bits per heavy atom. The zero-order valence-corrected chi connectivity index (χ0v) is 9.39. The lowest BCUT2D eigenvalue weighted by Crippen LogP contribution is -2.40. The first kappa shape index (κ1) is 11.6. The highest BCUT2D eigenvalue weighted by molar-refractivity contribution is 5.92. The molecular weight excluding hydrogens is 220 g/mol. The van der Waals surface area contributed by atoms with E-state index in [0.29, 0.717) is 18.4 Å². The molecule has 1 saturated carbocycles. The minimum absolute atomic E-state index is 0.389. The Morgan fingerprint density at radius 1 is 1.12 bits per heavy atom. The third-order valence-corrected chi connectivity index (χ3v) is 3.10. The molecule has 0 spiro atoms. The molecule has 1 N–H and O–H groups in total. The molecule has 1 aromatic carbocycles. The summed E-state index contributed by atoms with van der Waals surface area (Å²) in [7, 11) is 0. The first-order valence-corrected chi connectivity index (χ1v) is 5.66. The Bertz CT molecular complexity index is 418. The molecule has 0 amide bonds. The topological polar surface area (TPSA) is 63.6 Å². The molecule has 0 aromatic heterocycles. The van der Waals surface area contributed by atoms with Gasteiger partial charge in [-0.3, -0.25) is 0 Å². The Balaban J connectivity index is 2.15. The summed E-state index contributed by atoms with van der Waals surface area (Å²) in [5.74, 6) is -1.60. The van der Waals surface area contributed by atoms with Crippen molar-refractivity contribution in [3.8, 4) is 0 Å². The van der Waals surface area contributed by atoms with E-state index in [1.165, 1.54) is 0 Å². The second kappa shape index (κ2) is 4.57. The van der Waals surface area contributed by atoms with Gasteiger partial charge in [-0.15, -0.1) is 0 Å². The molecule has 1 aromatic rings. The van der Waals surface area contributed by atoms with Crippen LogP contribution in [0.4, 0.5) is 0 Å². The number of benzene rings is 1. The van der Waals surface area contributed by atoms with Gasteiger partial charge in [0.2, 0.25) is 5.60 Å². The lowest BCUT2D eigenvalue weighted by molar-refractivity contribution is -0.158. The molecule has 17 heavy (non-hydrogen) atoms. The van der Waals surface area contributed by atoms with Crippen molar-refractivity contribution in [3.63, 3.8) is 0 Å². The lowest BCUT2D eigenvalue weighted by atomic mass is 10.0. The zero-order chi connectivity index (χ0) is 12.3. The summed E-state index contributed by atoms with van der Waals surface area (Å²) in [4.78, 5) is 23.0. The van der Waals surface area contributed by atoms with Crippen LogP contribution < -0.4 is 0 Å². The third kappa shape index (κ3) is 2.30. The lowest BCUT2D eigenvalue weighted by Gasteiger charge is -2.23. The van der Waals surface area contributed by atoms with E-state index < -0.39 is 17.5 Å². The Kier molecular flexibility index (Phi) is 3.13. The maximum atomic E-state index is 11.8. The number of carbonyl (C=O) groups excluding carboxylic acids is 1. The summed E-state index contributed by atoms with van der Waals surface area (Å²) < 4.78 is 5.21. The van der Waals surface area contributed by atoms with Gasteiger partial charge in [-0.1, -0.05) is 18.2 Å². The Morgan fingerprint density at radius 3 is 2.24 bits per heavy atom. The van der Waals surface area contributed by atoms with Crippen molar-refractivity contribution in [1.29, 1.82) is 0 Å². The minimum Gasteiger partial charge on any atom is -0.478 e. The van der Waals surface area contributed by atoms with Crippen molar-refractivity contribution in [3.05, 3.63) is 35.9 Å². The number of aliphatic carboxylic acids is 1. The first-order valence-electron chi connectivity index (χ1n) is 5.66. The Hall–Kier alpha value is -1.84. The summed E-state index contributed by atoms with van der Waals surface area (Å²) in [5, 5.41) is 9.18. The maximum Gasteiger partial charge on any atom is 0.348 e. The summed E-state index contributed by atoms with van der Waals surface area (Å²) in [5.41, 5.74) is -0.924. The molecule has 0 atom stereocenters. The molecule has 0 radical (unpaired) electrons. The van der Waals surface area contributed by atoms with Crippen LogP contribution in [0.1, 0.15) is 36.0 Å². The van der Waals surface area contributed by atoms with E-state index in [-0.39, 0.29) is 0 Å². The second-order valence-corrected chi connectivity index (χ2v) is 4.26. The van der Waals surface area contributed by atoms with Crippen molar-refractivity contribution in [2.45, 2.75) is 31.3 Å². The number of carboxylic acid groups (broad SMARTS) is 1. The van der Waals surface area contributed by atoms with Crippen LogP contribution >= 0.6 is 0 Å². The first-order chi connectivity index (χ1) is 8.14. The van der Waals surface area contributed by atoms with Gasteiger partial charge in [-0.2, -0.15) is 0 Å². The molecule has 2 rings (SSSR count). The van der Waals surface area contributed by atoms with Gasteiger partial charge in [0.1, 0.15) is 0 Å². The van der Waals surface area contributed by atoms with Gasteiger partial charge < -0.3 is 9.84 Å². The van der Waals surface area contributed by atoms with E-state index in [0.717, 1.165) is 12.8 Å². The van der Waals surface area contributed by atoms with Crippen LogP contribution in [0.3, 0.4) is 0 Å². The molecule has 0 saturated heterocycles. The standard InChI is InChI=1S/C13H14O4/c14-11(10-6-2-1-3-7-10)17-13(12(15)16)8-4-5-9-13/h1-3,6-7H,4-5,8-9H2,(H,15,16). The Labute approximate surface area is 99.2 Å². The van der Waals surface area contributed by atoms with E-state index >= 15 is 0 Å². The van der Waals surface area contributed by atoms with Gasteiger partial charge in [0.15, 0.2) is 0 Å². The third-order valence-electron chi connectivity index (χ3n) is 3.10. The van der Waals surface area contributed by atoms with Crippen LogP contribution in [-0.2, 0) is 9.53 Å². The highest BCUT2D eigenvalue weighted by atomic mass is 16.6. The van der Waals surface area contributed by atoms with Gasteiger partial charge >= 0.3 is 11.9 Å². The molecule has 1 fully saturated rings. The fraction of sp³-hybridized carbons (Fsp3) is 0.385. The smallest absolute Gasteiger partial charge is 0.348 e. The molecule has 0 aliphatic heterocycles. The minimum atomic E-state index is -1.31. The van der Waals surface area contributed by atoms with E-state index in [4.69, 9.17) is 4.74 Å². The van der Waals surface area contributed by atoms with E-state index in [9.17, 15) is 14.7 Å². The molecule has 0 unspecified atom stereocenters. The van der Waals surface area contributed by atoms with Crippen molar-refractivity contribution in [2.75, 3.05) is 0 Å². The van der Waals surface area contributed by atoms with Gasteiger partial charge in [0.25, 0.3) is 0 Å². The molecule has 0 heterocycles. The van der Waals surface area contributed by atoms with Crippen LogP contribution in [0.5, 0.6) is 0 Å². The van der Waals surface area contributed by atoms with Crippen LogP contribution in [0.25, 0.3) is 0 Å². The van der Waals surface area contributed by atoms with Gasteiger partial charge in [0.05, 0.1) is 5.56 Å². The van der Waals surface area contributed by atoms with E-state index in [1.54, 1.807) is 30.3 Å². The van der Waals surface area contributed by atoms with E-state index in [1.807, 2.05) is 0 Å². The number of esters is 1. The summed E-state index contributed by atoms with van der Waals surface area (Å²) >= 11 is 0. The van der Waals surface area contributed by atoms with Gasteiger partial charge in [0, 0.05) is 0 Å². The predicted molar refractivity (Wildman–Crippen MR) is 60.7 cm³/mol. The van der Waals surface area contributed by atoms with Gasteiger partial charge in [-0.25, -0.2) is 9.59 Å². The molecule has 4 nitrogen and oxygen atoms in total. The number of hydrogen-bond acceptors (Lipinski definition) is 3. The van der Waals surface area contributed by atoms with E-state index in [2.05, 4.69) is 0 Å². The average Bonchev–Trinajstić information content (AvgIpc) is 2.80. The average molecular weight is 234 g/mol. The highest BCUT2D eigenvalue weighted by Gasteiger charge is 2.45. The van der Waals surface area contributed by atoms with Crippen molar-refractivity contribution in [2.24, 2.45) is 0 Å². The SMILES string of the molecule is O=C(OC1(C(=O)O)CCCC1)c1ccccc1. The number of rotatable bonds is 3. The van der Waals surface area contributed by atoms with Gasteiger partial charge in [-0.05, 0) is 37.8 Å².